The number of carbonyl (C=O) groups excluding carboxylic acids is 1. The number of pyridine rings is 1. The first-order valence-corrected chi connectivity index (χ1v) is 18.3. The minimum absolute atomic E-state index is 0.0914. The molecule has 0 spiro atoms. The maximum Gasteiger partial charge on any atom is 0.410 e. The number of nitrogens with zero attached hydrogens (tertiary/aromatic N) is 5. The second-order valence-electron chi connectivity index (χ2n) is 13.5. The number of carbonyl (C=O) groups is 1. The van der Waals surface area contributed by atoms with Crippen LogP contribution in [0.3, 0.4) is 0 Å². The van der Waals surface area contributed by atoms with Crippen molar-refractivity contribution in [2.75, 3.05) is 29.0 Å². The Morgan fingerprint density at radius 1 is 0.981 bits per heavy atom. The molecule has 0 aliphatic carbocycles. The second kappa shape index (κ2) is 14.3. The number of hydrogen-bond donors (Lipinski definition) is 1. The van der Waals surface area contributed by atoms with Crippen molar-refractivity contribution in [1.29, 1.82) is 0 Å². The first-order chi connectivity index (χ1) is 24.6. The Labute approximate surface area is 299 Å². The highest BCUT2D eigenvalue weighted by atomic mass is 32.2. The molecule has 0 bridgehead atoms. The molecule has 1 aliphatic heterocycles. The van der Waals surface area contributed by atoms with Gasteiger partial charge in [-0.1, -0.05) is 12.1 Å². The Morgan fingerprint density at radius 3 is 2.48 bits per heavy atom. The van der Waals surface area contributed by atoms with E-state index in [0.29, 0.717) is 51.6 Å². The Hall–Kier alpha value is -5.44. The zero-order valence-electron chi connectivity index (χ0n) is 29.2. The van der Waals surface area contributed by atoms with E-state index in [1.54, 1.807) is 42.3 Å². The van der Waals surface area contributed by atoms with Gasteiger partial charge in [-0.2, -0.15) is 0 Å². The lowest BCUT2D eigenvalue weighted by molar-refractivity contribution is 0.0206. The minimum Gasteiger partial charge on any atom is -0.444 e. The van der Waals surface area contributed by atoms with Gasteiger partial charge in [0.1, 0.15) is 28.7 Å². The number of ether oxygens (including phenoxy) is 2. The van der Waals surface area contributed by atoms with Gasteiger partial charge in [-0.3, -0.25) is 0 Å². The monoisotopic (exact) mass is 734 g/mol. The van der Waals surface area contributed by atoms with E-state index in [2.05, 4.69) is 15.3 Å². The molecule has 1 unspecified atom stereocenters. The third-order valence-corrected chi connectivity index (χ3v) is 9.28. The number of amides is 1. The average molecular weight is 735 g/mol. The standard InChI is InChI=1S/C37H37F3N6O5S/c1-22-10-12-25-26(13-14-28(39)32(25)46(52(5,48)49)31-15-11-23(38)20-29(31)40)33(22)50-34-27(9-6-17-41-34)30-16-18-42-35(44-30)43-24-8-7-19-45(21-24)36(47)51-37(2,3)4/h6,9-18,20,24H,7-8,19,21H2,1-5H3,(H,42,43,44). The number of hydrogen-bond acceptors (Lipinski definition) is 9. The minimum atomic E-state index is -4.34. The number of aryl methyl sites for hydroxylation is 1. The lowest BCUT2D eigenvalue weighted by atomic mass is 10.0. The predicted octanol–water partition coefficient (Wildman–Crippen LogP) is 8.12. The van der Waals surface area contributed by atoms with E-state index in [0.717, 1.165) is 37.3 Å². The van der Waals surface area contributed by atoms with E-state index in [9.17, 15) is 17.6 Å². The fourth-order valence-electron chi connectivity index (χ4n) is 6.01. The van der Waals surface area contributed by atoms with Crippen molar-refractivity contribution in [2.45, 2.75) is 52.2 Å². The molecular formula is C37H37F3N6O5S. The quantitative estimate of drug-likeness (QED) is 0.168. The molecule has 11 nitrogen and oxygen atoms in total. The highest BCUT2D eigenvalue weighted by Crippen LogP contribution is 2.43. The van der Waals surface area contributed by atoms with Gasteiger partial charge in [0.15, 0.2) is 5.82 Å². The van der Waals surface area contributed by atoms with Crippen LogP contribution in [0.5, 0.6) is 11.6 Å². The van der Waals surface area contributed by atoms with Gasteiger partial charge in [0, 0.05) is 48.4 Å². The highest BCUT2D eigenvalue weighted by Gasteiger charge is 2.30. The summed E-state index contributed by atoms with van der Waals surface area (Å²) in [7, 11) is -4.34. The summed E-state index contributed by atoms with van der Waals surface area (Å²) in [6.07, 6.45) is 5.10. The normalized spacial score (nSPS) is 15.0. The van der Waals surface area contributed by atoms with Crippen molar-refractivity contribution >= 4 is 44.2 Å². The van der Waals surface area contributed by atoms with Crippen LogP contribution >= 0.6 is 0 Å². The van der Waals surface area contributed by atoms with Gasteiger partial charge in [0.25, 0.3) is 0 Å². The average Bonchev–Trinajstić information content (AvgIpc) is 3.07. The van der Waals surface area contributed by atoms with Crippen LogP contribution in [0.25, 0.3) is 22.0 Å². The number of sulfonamides is 1. The molecule has 3 aromatic carbocycles. The Balaban J connectivity index is 1.34. The third kappa shape index (κ3) is 7.88. The third-order valence-electron chi connectivity index (χ3n) is 8.24. The van der Waals surface area contributed by atoms with Gasteiger partial charge in [0.05, 0.1) is 23.2 Å². The summed E-state index contributed by atoms with van der Waals surface area (Å²) in [6.45, 7) is 8.22. The van der Waals surface area contributed by atoms with Crippen LogP contribution in [0.4, 0.5) is 35.3 Å². The molecule has 1 N–H and O–H groups in total. The number of piperidine rings is 1. The summed E-state index contributed by atoms with van der Waals surface area (Å²) < 4.78 is 83.1. The summed E-state index contributed by atoms with van der Waals surface area (Å²) >= 11 is 0. The first-order valence-electron chi connectivity index (χ1n) is 16.5. The molecule has 1 amide bonds. The van der Waals surface area contributed by atoms with Crippen molar-refractivity contribution in [3.8, 4) is 22.9 Å². The van der Waals surface area contributed by atoms with E-state index in [4.69, 9.17) is 14.5 Å². The summed E-state index contributed by atoms with van der Waals surface area (Å²) in [5.41, 5.74) is -0.0452. The maximum absolute atomic E-state index is 15.7. The molecule has 0 saturated carbocycles. The zero-order valence-corrected chi connectivity index (χ0v) is 30.0. The highest BCUT2D eigenvalue weighted by molar-refractivity contribution is 7.92. The molecule has 1 fully saturated rings. The molecule has 1 aliphatic rings. The molecule has 3 heterocycles. The lowest BCUT2D eigenvalue weighted by Crippen LogP contribution is -2.47. The molecule has 5 aromatic rings. The van der Waals surface area contributed by atoms with Crippen molar-refractivity contribution in [3.63, 3.8) is 0 Å². The van der Waals surface area contributed by atoms with Crippen molar-refractivity contribution in [2.24, 2.45) is 0 Å². The van der Waals surface area contributed by atoms with Crippen LogP contribution in [-0.4, -0.2) is 65.4 Å². The summed E-state index contributed by atoms with van der Waals surface area (Å²) in [5, 5.41) is 3.72. The smallest absolute Gasteiger partial charge is 0.410 e. The van der Waals surface area contributed by atoms with Gasteiger partial charge in [0.2, 0.25) is 21.9 Å². The number of anilines is 3. The van der Waals surface area contributed by atoms with Crippen molar-refractivity contribution in [3.05, 3.63) is 96.1 Å². The van der Waals surface area contributed by atoms with E-state index in [-0.39, 0.29) is 29.2 Å². The van der Waals surface area contributed by atoms with Crippen molar-refractivity contribution in [1.82, 2.24) is 19.9 Å². The van der Waals surface area contributed by atoms with Gasteiger partial charge in [-0.05, 0) is 88.6 Å². The molecule has 0 radical (unpaired) electrons. The van der Waals surface area contributed by atoms with E-state index in [1.165, 1.54) is 18.3 Å². The summed E-state index contributed by atoms with van der Waals surface area (Å²) in [4.78, 5) is 27.9. The summed E-state index contributed by atoms with van der Waals surface area (Å²) in [5.74, 6) is -2.35. The van der Waals surface area contributed by atoms with E-state index < -0.39 is 44.5 Å². The van der Waals surface area contributed by atoms with Crippen LogP contribution in [-0.2, 0) is 14.8 Å². The van der Waals surface area contributed by atoms with Gasteiger partial charge in [-0.25, -0.2) is 45.6 Å². The Kier molecular flexibility index (Phi) is 9.99. The second-order valence-corrected chi connectivity index (χ2v) is 15.3. The van der Waals surface area contributed by atoms with Gasteiger partial charge < -0.3 is 19.7 Å². The predicted molar refractivity (Wildman–Crippen MR) is 192 cm³/mol. The van der Waals surface area contributed by atoms with Gasteiger partial charge >= 0.3 is 6.09 Å². The lowest BCUT2D eigenvalue weighted by Gasteiger charge is -2.34. The molecule has 6 rings (SSSR count). The Morgan fingerprint density at radius 2 is 1.75 bits per heavy atom. The number of likely N-dealkylation sites (tertiary alicyclic amines) is 1. The number of benzene rings is 3. The number of rotatable bonds is 8. The number of halogens is 3. The van der Waals surface area contributed by atoms with Crippen LogP contribution < -0.4 is 14.4 Å². The largest absolute Gasteiger partial charge is 0.444 e. The van der Waals surface area contributed by atoms with E-state index >= 15 is 8.78 Å². The molecule has 15 heteroatoms. The topological polar surface area (TPSA) is 127 Å². The van der Waals surface area contributed by atoms with E-state index in [1.807, 2.05) is 20.8 Å². The number of nitrogens with one attached hydrogen (secondary N) is 1. The zero-order chi connectivity index (χ0) is 37.4. The fourth-order valence-corrected chi connectivity index (χ4v) is 7.03. The van der Waals surface area contributed by atoms with Crippen LogP contribution in [0.1, 0.15) is 39.2 Å². The SMILES string of the molecule is Cc1ccc2c(N(c3ccc(F)cc3F)S(C)(=O)=O)c(F)ccc2c1Oc1ncccc1-c1ccnc(NC2CCCN(C(=O)OC(C)(C)C)C2)n1. The maximum atomic E-state index is 15.7. The molecule has 1 saturated heterocycles. The molecule has 272 valence electrons. The Bertz CT molecular complexity index is 2270. The number of fused-ring (bicyclic) bond motifs is 1. The molecule has 2 aromatic heterocycles. The van der Waals surface area contributed by atoms with Crippen LogP contribution in [0.15, 0.2) is 73.1 Å². The van der Waals surface area contributed by atoms with Crippen LogP contribution in [0.2, 0.25) is 0 Å². The summed E-state index contributed by atoms with van der Waals surface area (Å²) in [6, 6.07) is 13.0. The molecule has 52 heavy (non-hydrogen) atoms. The molecule has 1 atom stereocenters. The number of aromatic nitrogens is 3. The van der Waals surface area contributed by atoms with Crippen LogP contribution in [0, 0.1) is 24.4 Å². The molecular weight excluding hydrogens is 698 g/mol. The first kappa shape index (κ1) is 36.4. The van der Waals surface area contributed by atoms with Crippen molar-refractivity contribution < 1.29 is 35.9 Å². The fraction of sp³-hybridized carbons (Fsp3) is 0.297. The van der Waals surface area contributed by atoms with Gasteiger partial charge in [-0.15, -0.1) is 0 Å².